The smallest absolute Gasteiger partial charge is 0.220 e. The maximum atomic E-state index is 11.6. The lowest BCUT2D eigenvalue weighted by Gasteiger charge is -2.13. The van der Waals surface area contributed by atoms with E-state index in [0.717, 1.165) is 19.3 Å². The van der Waals surface area contributed by atoms with Crippen molar-refractivity contribution in [2.24, 2.45) is 0 Å². The quantitative estimate of drug-likeness (QED) is 0.454. The average Bonchev–Trinajstić information content (AvgIpc) is 2.42. The molecule has 0 heterocycles. The SMILES string of the molecule is CNC(CCCCNC(=O)CCC(NC)C(C)=O)C(C)=O. The Bertz CT molecular complexity index is 345. The first kappa shape index (κ1) is 19.7. The van der Waals surface area contributed by atoms with E-state index in [4.69, 9.17) is 0 Å². The van der Waals surface area contributed by atoms with Crippen LogP contribution in [-0.2, 0) is 14.4 Å². The van der Waals surface area contributed by atoms with E-state index >= 15 is 0 Å². The highest BCUT2D eigenvalue weighted by molar-refractivity contribution is 5.83. The number of rotatable bonds is 12. The second-order valence-electron chi connectivity index (χ2n) is 5.29. The number of nitrogens with one attached hydrogen (secondary N) is 3. The van der Waals surface area contributed by atoms with Crippen molar-refractivity contribution >= 4 is 17.5 Å². The third-order valence-electron chi connectivity index (χ3n) is 3.58. The van der Waals surface area contributed by atoms with Crippen LogP contribution in [0.25, 0.3) is 0 Å². The van der Waals surface area contributed by atoms with Gasteiger partial charge in [0.25, 0.3) is 0 Å². The first-order valence-corrected chi connectivity index (χ1v) is 7.54. The van der Waals surface area contributed by atoms with Gasteiger partial charge < -0.3 is 16.0 Å². The fourth-order valence-electron chi connectivity index (χ4n) is 2.17. The Kier molecular flexibility index (Phi) is 10.7. The van der Waals surface area contributed by atoms with E-state index in [-0.39, 0.29) is 29.6 Å². The van der Waals surface area contributed by atoms with E-state index in [2.05, 4.69) is 16.0 Å². The van der Waals surface area contributed by atoms with Gasteiger partial charge in [0.15, 0.2) is 0 Å². The lowest BCUT2D eigenvalue weighted by Crippen LogP contribution is -2.34. The molecule has 0 aliphatic carbocycles. The number of carbonyl (C=O) groups is 3. The molecule has 122 valence electrons. The van der Waals surface area contributed by atoms with E-state index in [1.54, 1.807) is 21.0 Å². The molecule has 6 heteroatoms. The van der Waals surface area contributed by atoms with Gasteiger partial charge in [-0.3, -0.25) is 14.4 Å². The molecule has 0 aliphatic heterocycles. The molecule has 0 fully saturated rings. The average molecular weight is 299 g/mol. The minimum Gasteiger partial charge on any atom is -0.356 e. The zero-order valence-electron chi connectivity index (χ0n) is 13.6. The third-order valence-corrected chi connectivity index (χ3v) is 3.58. The number of hydrogen-bond acceptors (Lipinski definition) is 5. The lowest BCUT2D eigenvalue weighted by atomic mass is 10.1. The Morgan fingerprint density at radius 1 is 0.857 bits per heavy atom. The molecule has 0 aromatic heterocycles. The highest BCUT2D eigenvalue weighted by Gasteiger charge is 2.13. The van der Waals surface area contributed by atoms with Crippen molar-refractivity contribution in [3.8, 4) is 0 Å². The maximum Gasteiger partial charge on any atom is 0.220 e. The van der Waals surface area contributed by atoms with Crippen molar-refractivity contribution in [2.45, 2.75) is 58.0 Å². The Hall–Kier alpha value is -1.27. The van der Waals surface area contributed by atoms with E-state index in [9.17, 15) is 14.4 Å². The molecule has 2 atom stereocenters. The predicted molar refractivity (Wildman–Crippen MR) is 83.2 cm³/mol. The van der Waals surface area contributed by atoms with Crippen LogP contribution >= 0.6 is 0 Å². The van der Waals surface area contributed by atoms with Gasteiger partial charge in [-0.15, -0.1) is 0 Å². The predicted octanol–water partition coefficient (Wildman–Crippen LogP) is 0.407. The molecule has 0 bridgehead atoms. The van der Waals surface area contributed by atoms with Gasteiger partial charge >= 0.3 is 0 Å². The summed E-state index contributed by atoms with van der Waals surface area (Å²) in [6.07, 6.45) is 3.38. The molecule has 2 unspecified atom stereocenters. The Balaban J connectivity index is 3.71. The zero-order valence-corrected chi connectivity index (χ0v) is 13.6. The number of hydrogen-bond donors (Lipinski definition) is 3. The van der Waals surface area contributed by atoms with E-state index in [1.807, 2.05) is 0 Å². The number of unbranched alkanes of at least 4 members (excludes halogenated alkanes) is 1. The van der Waals surface area contributed by atoms with Crippen molar-refractivity contribution in [3.05, 3.63) is 0 Å². The first-order chi connectivity index (χ1) is 9.92. The fraction of sp³-hybridized carbons (Fsp3) is 0.800. The number of Topliss-reactive ketones (excluding diaryl/α,β-unsaturated/α-hetero) is 2. The zero-order chi connectivity index (χ0) is 16.3. The van der Waals surface area contributed by atoms with E-state index in [1.165, 1.54) is 6.92 Å². The summed E-state index contributed by atoms with van der Waals surface area (Å²) in [6, 6.07) is -0.338. The van der Waals surface area contributed by atoms with Gasteiger partial charge in [-0.25, -0.2) is 0 Å². The number of ketones is 2. The molecular weight excluding hydrogens is 270 g/mol. The highest BCUT2D eigenvalue weighted by Crippen LogP contribution is 2.02. The van der Waals surface area contributed by atoms with Crippen LogP contribution in [-0.4, -0.2) is 50.2 Å². The van der Waals surface area contributed by atoms with Crippen LogP contribution in [0.1, 0.15) is 46.0 Å². The lowest BCUT2D eigenvalue weighted by molar-refractivity contribution is -0.122. The minimum atomic E-state index is -0.247. The Morgan fingerprint density at radius 3 is 1.86 bits per heavy atom. The second kappa shape index (κ2) is 11.4. The van der Waals surface area contributed by atoms with Crippen LogP contribution in [0.5, 0.6) is 0 Å². The molecule has 0 aromatic carbocycles. The van der Waals surface area contributed by atoms with Crippen LogP contribution in [0.4, 0.5) is 0 Å². The van der Waals surface area contributed by atoms with Crippen LogP contribution in [0.2, 0.25) is 0 Å². The van der Waals surface area contributed by atoms with Crippen LogP contribution in [0, 0.1) is 0 Å². The Labute approximate surface area is 127 Å². The summed E-state index contributed by atoms with van der Waals surface area (Å²) in [7, 11) is 3.50. The summed E-state index contributed by atoms with van der Waals surface area (Å²) in [5, 5.41) is 8.71. The second-order valence-corrected chi connectivity index (χ2v) is 5.29. The van der Waals surface area contributed by atoms with Gasteiger partial charge in [-0.1, -0.05) is 0 Å². The summed E-state index contributed by atoms with van der Waals surface area (Å²) < 4.78 is 0. The van der Waals surface area contributed by atoms with E-state index < -0.39 is 0 Å². The molecule has 0 aliphatic rings. The standard InChI is InChI=1S/C15H29N3O3/c1-11(19)13(16-3)7-5-6-10-18-15(21)9-8-14(17-4)12(2)20/h13-14,16-17H,5-10H2,1-4H3,(H,18,21). The molecule has 1 amide bonds. The van der Waals surface area contributed by atoms with Crippen molar-refractivity contribution in [2.75, 3.05) is 20.6 Å². The summed E-state index contributed by atoms with van der Waals surface area (Å²) in [4.78, 5) is 34.1. The van der Waals surface area contributed by atoms with Crippen molar-refractivity contribution < 1.29 is 14.4 Å². The summed E-state index contributed by atoms with van der Waals surface area (Å²) in [5.41, 5.74) is 0. The van der Waals surface area contributed by atoms with Gasteiger partial charge in [0.1, 0.15) is 11.6 Å². The molecule has 0 radical (unpaired) electrons. The van der Waals surface area contributed by atoms with Crippen LogP contribution in [0.15, 0.2) is 0 Å². The summed E-state index contributed by atoms with van der Waals surface area (Å²) in [6.45, 7) is 3.71. The normalized spacial score (nSPS) is 13.5. The number of carbonyl (C=O) groups excluding carboxylic acids is 3. The molecule has 0 saturated heterocycles. The molecular formula is C15H29N3O3. The molecule has 0 spiro atoms. The maximum absolute atomic E-state index is 11.6. The number of amides is 1. The monoisotopic (exact) mass is 299 g/mol. The molecule has 0 aromatic rings. The van der Waals surface area contributed by atoms with Gasteiger partial charge in [0, 0.05) is 13.0 Å². The topological polar surface area (TPSA) is 87.3 Å². The van der Waals surface area contributed by atoms with Gasteiger partial charge in [-0.2, -0.15) is 0 Å². The fourth-order valence-corrected chi connectivity index (χ4v) is 2.17. The highest BCUT2D eigenvalue weighted by atomic mass is 16.1. The van der Waals surface area contributed by atoms with Crippen molar-refractivity contribution in [1.82, 2.24) is 16.0 Å². The molecule has 0 saturated carbocycles. The third kappa shape index (κ3) is 9.31. The van der Waals surface area contributed by atoms with Gasteiger partial charge in [0.2, 0.25) is 5.91 Å². The summed E-state index contributed by atoms with van der Waals surface area (Å²) >= 11 is 0. The summed E-state index contributed by atoms with van der Waals surface area (Å²) in [5.74, 6) is 0.157. The van der Waals surface area contributed by atoms with Crippen molar-refractivity contribution in [1.29, 1.82) is 0 Å². The largest absolute Gasteiger partial charge is 0.356 e. The minimum absolute atomic E-state index is 0.0340. The molecule has 3 N–H and O–H groups in total. The van der Waals surface area contributed by atoms with Crippen molar-refractivity contribution in [3.63, 3.8) is 0 Å². The molecule has 6 nitrogen and oxygen atoms in total. The van der Waals surface area contributed by atoms with Gasteiger partial charge in [-0.05, 0) is 53.6 Å². The molecule has 21 heavy (non-hydrogen) atoms. The van der Waals surface area contributed by atoms with Crippen LogP contribution in [0.3, 0.4) is 0 Å². The Morgan fingerprint density at radius 2 is 1.38 bits per heavy atom. The molecule has 0 rings (SSSR count). The van der Waals surface area contributed by atoms with Crippen LogP contribution < -0.4 is 16.0 Å². The van der Waals surface area contributed by atoms with E-state index in [0.29, 0.717) is 19.4 Å². The van der Waals surface area contributed by atoms with Gasteiger partial charge in [0.05, 0.1) is 12.1 Å². The number of likely N-dealkylation sites (N-methyl/N-ethyl adjacent to an activating group) is 2. The first-order valence-electron chi connectivity index (χ1n) is 7.54.